The lowest BCUT2D eigenvalue weighted by Gasteiger charge is -2.26. The molecule has 0 amide bonds. The number of halogens is 3. The Balaban J connectivity index is 1.61. The molecule has 2 aromatic carbocycles. The van der Waals surface area contributed by atoms with E-state index < -0.39 is 17.5 Å². The zero-order chi connectivity index (χ0) is 18.1. The van der Waals surface area contributed by atoms with Crippen molar-refractivity contribution in [1.82, 2.24) is 5.32 Å². The van der Waals surface area contributed by atoms with Crippen molar-refractivity contribution in [2.24, 2.45) is 0 Å². The zero-order valence-electron chi connectivity index (χ0n) is 13.9. The van der Waals surface area contributed by atoms with Crippen LogP contribution in [0.2, 0.25) is 0 Å². The molecule has 8 heteroatoms. The Kier molecular flexibility index (Phi) is 4.97. The van der Waals surface area contributed by atoms with Crippen LogP contribution in [0.25, 0.3) is 0 Å². The summed E-state index contributed by atoms with van der Waals surface area (Å²) >= 11 is 1.16. The van der Waals surface area contributed by atoms with Gasteiger partial charge in [0.05, 0.1) is 36.2 Å². The van der Waals surface area contributed by atoms with Gasteiger partial charge in [0.25, 0.3) is 0 Å². The summed E-state index contributed by atoms with van der Waals surface area (Å²) in [5, 5.41) is 3.28. The first kappa shape index (κ1) is 17.5. The molecule has 1 N–H and O–H groups in total. The summed E-state index contributed by atoms with van der Waals surface area (Å²) in [5.41, 5.74) is 0.965. The molecule has 26 heavy (non-hydrogen) atoms. The van der Waals surface area contributed by atoms with Gasteiger partial charge < -0.3 is 10.1 Å². The molecule has 0 spiro atoms. The zero-order valence-corrected chi connectivity index (χ0v) is 14.7. The summed E-state index contributed by atoms with van der Waals surface area (Å²) in [6.45, 7) is 2.91. The van der Waals surface area contributed by atoms with E-state index in [0.717, 1.165) is 37.3 Å². The van der Waals surface area contributed by atoms with Gasteiger partial charge in [-0.05, 0) is 30.7 Å². The van der Waals surface area contributed by atoms with Gasteiger partial charge in [0.1, 0.15) is 11.5 Å². The van der Waals surface area contributed by atoms with Gasteiger partial charge in [-0.1, -0.05) is 6.07 Å². The molecule has 0 aromatic heterocycles. The molecule has 1 atom stereocenters. The van der Waals surface area contributed by atoms with E-state index in [1.54, 1.807) is 6.07 Å². The Hall–Kier alpha value is -1.90. The van der Waals surface area contributed by atoms with Gasteiger partial charge in [0, 0.05) is 25.7 Å². The van der Waals surface area contributed by atoms with Crippen LogP contribution in [-0.2, 0) is 4.74 Å². The first-order valence-electron chi connectivity index (χ1n) is 8.45. The number of para-hydroxylation sites is 1. The molecule has 1 saturated heterocycles. The first-order valence-corrected chi connectivity index (χ1v) is 9.18. The van der Waals surface area contributed by atoms with Crippen molar-refractivity contribution in [2.45, 2.75) is 12.5 Å². The van der Waals surface area contributed by atoms with E-state index in [1.807, 2.05) is 4.31 Å². The highest BCUT2D eigenvalue weighted by atomic mass is 32.2. The molecule has 0 saturated carbocycles. The minimum atomic E-state index is -0.686. The van der Waals surface area contributed by atoms with E-state index in [0.29, 0.717) is 18.8 Å². The van der Waals surface area contributed by atoms with Gasteiger partial charge in [-0.15, -0.1) is 0 Å². The maximum absolute atomic E-state index is 14.3. The molecule has 2 heterocycles. The molecule has 0 aliphatic carbocycles. The van der Waals surface area contributed by atoms with Crippen molar-refractivity contribution in [3.63, 3.8) is 0 Å². The second-order valence-corrected chi connectivity index (χ2v) is 7.14. The van der Waals surface area contributed by atoms with Crippen LogP contribution in [0, 0.1) is 17.5 Å². The van der Waals surface area contributed by atoms with Gasteiger partial charge in [0.2, 0.25) is 0 Å². The predicted molar refractivity (Wildman–Crippen MR) is 97.1 cm³/mol. The topological polar surface area (TPSA) is 27.7 Å². The second kappa shape index (κ2) is 7.38. The van der Waals surface area contributed by atoms with Gasteiger partial charge in [-0.2, -0.15) is 0 Å². The summed E-state index contributed by atoms with van der Waals surface area (Å²) < 4.78 is 51.3. The number of anilines is 3. The smallest absolute Gasteiger partial charge is 0.150 e. The maximum Gasteiger partial charge on any atom is 0.150 e. The first-order chi connectivity index (χ1) is 12.6. The fraction of sp³-hybridized carbons (Fsp3) is 0.333. The Labute approximate surface area is 154 Å². The van der Waals surface area contributed by atoms with Crippen molar-refractivity contribution in [3.8, 4) is 0 Å². The molecular formula is C18H18F3N3OS. The van der Waals surface area contributed by atoms with Crippen molar-refractivity contribution in [2.75, 3.05) is 34.9 Å². The van der Waals surface area contributed by atoms with E-state index >= 15 is 0 Å². The molecule has 2 aromatic rings. The van der Waals surface area contributed by atoms with E-state index in [1.165, 1.54) is 34.6 Å². The quantitative estimate of drug-likeness (QED) is 0.808. The van der Waals surface area contributed by atoms with Crippen LogP contribution >= 0.6 is 12.1 Å². The summed E-state index contributed by atoms with van der Waals surface area (Å²) in [6, 6.07) is 7.99. The lowest BCUT2D eigenvalue weighted by molar-refractivity contribution is 0.0254. The van der Waals surface area contributed by atoms with Crippen LogP contribution in [0.15, 0.2) is 36.4 Å². The monoisotopic (exact) mass is 381 g/mol. The third-order valence-electron chi connectivity index (χ3n) is 4.40. The van der Waals surface area contributed by atoms with Crippen LogP contribution in [0.5, 0.6) is 0 Å². The molecule has 2 aliphatic heterocycles. The number of fused-ring (bicyclic) bond motifs is 1. The average molecular weight is 381 g/mol. The Bertz CT molecular complexity index is 781. The number of nitrogens with one attached hydrogen (secondary N) is 1. The third-order valence-corrected chi connectivity index (χ3v) is 5.52. The average Bonchev–Trinajstić information content (AvgIpc) is 2.98. The highest BCUT2D eigenvalue weighted by Crippen LogP contribution is 2.50. The standard InChI is InChI=1S/C18H18F3N3OS/c19-12-4-5-16-17(10-12)24(18-14(20)2-1-3-15(18)21)26-23(16)8-6-13-11-22-7-9-25-13/h1-5,10,13,22H,6-9,11H2/t13-/m0/s1. The van der Waals surface area contributed by atoms with Gasteiger partial charge >= 0.3 is 0 Å². The van der Waals surface area contributed by atoms with Crippen LogP contribution in [0.1, 0.15) is 6.42 Å². The Morgan fingerprint density at radius 3 is 2.65 bits per heavy atom. The van der Waals surface area contributed by atoms with Crippen LogP contribution in [0.4, 0.5) is 30.2 Å². The van der Waals surface area contributed by atoms with Gasteiger partial charge in [-0.25, -0.2) is 13.2 Å². The number of benzene rings is 2. The molecule has 0 radical (unpaired) electrons. The van der Waals surface area contributed by atoms with Crippen molar-refractivity contribution in [3.05, 3.63) is 53.8 Å². The minimum absolute atomic E-state index is 0.0903. The molecular weight excluding hydrogens is 363 g/mol. The molecule has 4 rings (SSSR count). The summed E-state index contributed by atoms with van der Waals surface area (Å²) in [7, 11) is 0. The van der Waals surface area contributed by atoms with Gasteiger partial charge in [-0.3, -0.25) is 8.61 Å². The van der Waals surface area contributed by atoms with Crippen molar-refractivity contribution in [1.29, 1.82) is 0 Å². The molecule has 138 valence electrons. The lowest BCUT2D eigenvalue weighted by atomic mass is 10.2. The highest BCUT2D eigenvalue weighted by Gasteiger charge is 2.33. The fourth-order valence-electron chi connectivity index (χ4n) is 3.13. The summed E-state index contributed by atoms with van der Waals surface area (Å²) in [6.07, 6.45) is 0.845. The number of nitrogens with zero attached hydrogens (tertiary/aromatic N) is 2. The van der Waals surface area contributed by atoms with E-state index in [9.17, 15) is 13.2 Å². The highest BCUT2D eigenvalue weighted by molar-refractivity contribution is 8.02. The van der Waals surface area contributed by atoms with Crippen molar-refractivity contribution < 1.29 is 17.9 Å². The van der Waals surface area contributed by atoms with E-state index in [2.05, 4.69) is 5.32 Å². The van der Waals surface area contributed by atoms with E-state index in [-0.39, 0.29) is 11.8 Å². The van der Waals surface area contributed by atoms with Crippen LogP contribution < -0.4 is 13.9 Å². The minimum Gasteiger partial charge on any atom is -0.376 e. The molecule has 0 unspecified atom stereocenters. The van der Waals surface area contributed by atoms with E-state index in [4.69, 9.17) is 4.74 Å². The molecule has 4 nitrogen and oxygen atoms in total. The van der Waals surface area contributed by atoms with Crippen LogP contribution in [0.3, 0.4) is 0 Å². The Morgan fingerprint density at radius 2 is 1.92 bits per heavy atom. The molecule has 0 bridgehead atoms. The third kappa shape index (κ3) is 3.36. The number of hydrogen-bond acceptors (Lipinski definition) is 5. The Morgan fingerprint density at radius 1 is 1.12 bits per heavy atom. The molecule has 1 fully saturated rings. The number of rotatable bonds is 4. The lowest BCUT2D eigenvalue weighted by Crippen LogP contribution is -2.39. The van der Waals surface area contributed by atoms with Gasteiger partial charge in [0.15, 0.2) is 11.6 Å². The SMILES string of the molecule is Fc1ccc2c(c1)N(c1c(F)cccc1F)SN2CC[C@H]1CNCCO1. The van der Waals surface area contributed by atoms with Crippen LogP contribution in [-0.4, -0.2) is 32.3 Å². The molecule has 2 aliphatic rings. The summed E-state index contributed by atoms with van der Waals surface area (Å²) in [5.74, 6) is -1.82. The normalized spacial score (nSPS) is 19.7. The summed E-state index contributed by atoms with van der Waals surface area (Å²) in [4.78, 5) is 0. The van der Waals surface area contributed by atoms with Crippen molar-refractivity contribution >= 4 is 29.2 Å². The number of hydrogen-bond donors (Lipinski definition) is 1. The maximum atomic E-state index is 14.3. The predicted octanol–water partition coefficient (Wildman–Crippen LogP) is 4.00. The fourth-order valence-corrected chi connectivity index (χ4v) is 4.25. The number of ether oxygens (including phenoxy) is 1. The second-order valence-electron chi connectivity index (χ2n) is 6.17. The number of morpholine rings is 1. The largest absolute Gasteiger partial charge is 0.376 e.